The summed E-state index contributed by atoms with van der Waals surface area (Å²) >= 11 is 1.70. The van der Waals surface area contributed by atoms with Gasteiger partial charge in [-0.3, -0.25) is 23.7 Å². The molecule has 0 spiro atoms. The van der Waals surface area contributed by atoms with Crippen LogP contribution in [0, 0.1) is 5.92 Å². The zero-order valence-electron chi connectivity index (χ0n) is 22.5. The van der Waals surface area contributed by atoms with Crippen molar-refractivity contribution in [3.63, 3.8) is 0 Å². The Morgan fingerprint density at radius 3 is 2.24 bits per heavy atom. The molecule has 3 heterocycles. The molecule has 2 aliphatic rings. The van der Waals surface area contributed by atoms with Gasteiger partial charge in [-0.15, -0.1) is 0 Å². The lowest BCUT2D eigenvalue weighted by Gasteiger charge is -2.31. The molecule has 3 aromatic rings. The summed E-state index contributed by atoms with van der Waals surface area (Å²) in [6.07, 6.45) is -4.61. The Morgan fingerprint density at radius 1 is 0.976 bits per heavy atom. The average molecular weight is 619 g/mol. The van der Waals surface area contributed by atoms with Gasteiger partial charge >= 0.3 is 17.1 Å². The molecule has 5 amide bonds. The third kappa shape index (κ3) is 5.24. The van der Waals surface area contributed by atoms with Gasteiger partial charge in [0, 0.05) is 16.5 Å². The minimum Gasteiger partial charge on any atom is -0.351 e. The maximum Gasteiger partial charge on any atom is 0.416 e. The van der Waals surface area contributed by atoms with E-state index in [9.17, 15) is 37.1 Å². The first-order valence-electron chi connectivity index (χ1n) is 12.7. The first-order chi connectivity index (χ1) is 19.6. The second kappa shape index (κ2) is 10.4. The average Bonchev–Trinajstić information content (AvgIpc) is 3.34. The smallest absolute Gasteiger partial charge is 0.351 e. The Bertz CT molecular complexity index is 1670. The van der Waals surface area contributed by atoms with Gasteiger partial charge < -0.3 is 11.1 Å². The van der Waals surface area contributed by atoms with E-state index in [0.717, 1.165) is 51.4 Å². The summed E-state index contributed by atoms with van der Waals surface area (Å²) in [4.78, 5) is 64.9. The molecule has 0 saturated carbocycles. The maximum absolute atomic E-state index is 13.3. The number of imide groups is 3. The second-order valence-corrected chi connectivity index (χ2v) is 13.1. The number of fused-ring (bicyclic) bond motifs is 2. The minimum atomic E-state index is -4.61. The molecule has 0 aliphatic carbocycles. The quantitative estimate of drug-likeness (QED) is 0.413. The number of amides is 5. The zero-order valence-corrected chi connectivity index (χ0v) is 24.2. The molecule has 9 nitrogen and oxygen atoms in total. The number of primary amides is 1. The Labute approximate surface area is 245 Å². The monoisotopic (exact) mass is 618 g/mol. The van der Waals surface area contributed by atoms with Gasteiger partial charge in [0.05, 0.1) is 16.5 Å². The fourth-order valence-corrected chi connectivity index (χ4v) is 7.91. The molecule has 3 atom stereocenters. The van der Waals surface area contributed by atoms with Gasteiger partial charge in [0.15, 0.2) is 0 Å². The van der Waals surface area contributed by atoms with E-state index in [2.05, 4.69) is 5.32 Å². The van der Waals surface area contributed by atoms with Gasteiger partial charge in [0.1, 0.15) is 11.8 Å². The number of thioether (sulfide) groups is 1. The van der Waals surface area contributed by atoms with Crippen molar-refractivity contribution in [3.8, 4) is 0 Å². The number of alkyl halides is 3. The number of hydrogen-bond acceptors (Lipinski definition) is 7. The van der Waals surface area contributed by atoms with Crippen LogP contribution in [0.5, 0.6) is 0 Å². The molecule has 0 radical (unpaired) electrons. The Morgan fingerprint density at radius 2 is 1.64 bits per heavy atom. The number of carbonyl (C=O) groups is 4. The first kappa shape index (κ1) is 29.6. The standard InChI is InChI=1S/C28H25F3N4O5S2/c1-27(2,3)14-9-7-13(8-10-14)18-19-20(23(38)35(22(19)37)25(32)39)41-24-21(18)42-26(40)34(24)12-17(36)33-16-6-4-5-15(11-16)28(29,30)31/h4-11,18-20H,12H2,1-3H3,(H2,32,39)(H,33,36). The molecule has 3 N–H and O–H groups in total. The van der Waals surface area contributed by atoms with Gasteiger partial charge in [0.2, 0.25) is 11.8 Å². The van der Waals surface area contributed by atoms with Gasteiger partial charge in [-0.25, -0.2) is 4.79 Å². The van der Waals surface area contributed by atoms with Crippen molar-refractivity contribution in [2.45, 2.75) is 55.1 Å². The Hall–Kier alpha value is -3.91. The highest BCUT2D eigenvalue weighted by molar-refractivity contribution is 8.00. The van der Waals surface area contributed by atoms with Crippen molar-refractivity contribution in [1.29, 1.82) is 0 Å². The molecule has 1 saturated heterocycles. The van der Waals surface area contributed by atoms with Crippen molar-refractivity contribution < 1.29 is 32.3 Å². The topological polar surface area (TPSA) is 132 Å². The molecule has 42 heavy (non-hydrogen) atoms. The van der Waals surface area contributed by atoms with Crippen LogP contribution >= 0.6 is 23.1 Å². The lowest BCUT2D eigenvalue weighted by Crippen LogP contribution is -2.41. The zero-order chi connectivity index (χ0) is 30.7. The van der Waals surface area contributed by atoms with Crippen LogP contribution in [0.2, 0.25) is 0 Å². The molecule has 5 rings (SSSR count). The summed E-state index contributed by atoms with van der Waals surface area (Å²) in [5.74, 6) is -4.16. The van der Waals surface area contributed by atoms with Crippen LogP contribution in [0.3, 0.4) is 0 Å². The number of thiazole rings is 1. The van der Waals surface area contributed by atoms with Crippen molar-refractivity contribution in [2.75, 3.05) is 5.32 Å². The van der Waals surface area contributed by atoms with Gasteiger partial charge in [-0.1, -0.05) is 74.2 Å². The van der Waals surface area contributed by atoms with Crippen LogP contribution < -0.4 is 15.9 Å². The van der Waals surface area contributed by atoms with Crippen LogP contribution in [-0.4, -0.2) is 38.5 Å². The summed E-state index contributed by atoms with van der Waals surface area (Å²) in [6, 6.07) is 10.3. The molecule has 220 valence electrons. The van der Waals surface area contributed by atoms with Crippen LogP contribution in [0.15, 0.2) is 58.4 Å². The number of carbonyl (C=O) groups excluding carboxylic acids is 4. The van der Waals surface area contributed by atoms with Crippen molar-refractivity contribution >= 4 is 52.5 Å². The predicted octanol–water partition coefficient (Wildman–Crippen LogP) is 4.53. The number of likely N-dealkylation sites (tertiary alicyclic amines) is 1. The lowest BCUT2D eigenvalue weighted by atomic mass is 9.81. The number of nitrogens with two attached hydrogens (primary N) is 1. The molecular formula is C28H25F3N4O5S2. The van der Waals surface area contributed by atoms with Crippen molar-refractivity contribution in [1.82, 2.24) is 9.47 Å². The van der Waals surface area contributed by atoms with Crippen molar-refractivity contribution in [3.05, 3.63) is 79.8 Å². The summed E-state index contributed by atoms with van der Waals surface area (Å²) in [6.45, 7) is 5.55. The van der Waals surface area contributed by atoms with E-state index in [1.54, 1.807) is 0 Å². The number of rotatable bonds is 4. The molecule has 0 bridgehead atoms. The SMILES string of the molecule is CC(C)(C)c1ccc(C2c3sc(=O)n(CC(=O)Nc4cccc(C(F)(F)F)c4)c3SC3C(=O)N(C(N)=O)C(=O)C32)cc1. The van der Waals surface area contributed by atoms with Crippen LogP contribution in [0.1, 0.15) is 48.3 Å². The fourth-order valence-electron chi connectivity index (χ4n) is 5.14. The summed E-state index contributed by atoms with van der Waals surface area (Å²) < 4.78 is 40.5. The highest BCUT2D eigenvalue weighted by atomic mass is 32.2. The van der Waals surface area contributed by atoms with E-state index in [1.165, 1.54) is 6.07 Å². The predicted molar refractivity (Wildman–Crippen MR) is 150 cm³/mol. The fraction of sp³-hybridized carbons (Fsp3) is 0.321. The van der Waals surface area contributed by atoms with E-state index in [4.69, 9.17) is 5.73 Å². The molecule has 1 fully saturated rings. The summed E-state index contributed by atoms with van der Waals surface area (Å²) in [7, 11) is 0. The normalized spacial score (nSPS) is 20.3. The number of benzene rings is 2. The van der Waals surface area contributed by atoms with Crippen LogP contribution in [-0.2, 0) is 32.5 Å². The highest BCUT2D eigenvalue weighted by Gasteiger charge is 2.58. The number of halogens is 3. The largest absolute Gasteiger partial charge is 0.416 e. The van der Waals surface area contributed by atoms with E-state index in [0.29, 0.717) is 15.3 Å². The molecule has 14 heteroatoms. The molecule has 3 unspecified atom stereocenters. The first-order valence-corrected chi connectivity index (χ1v) is 14.4. The van der Waals surface area contributed by atoms with E-state index >= 15 is 0 Å². The van der Waals surface area contributed by atoms with Crippen molar-refractivity contribution in [2.24, 2.45) is 11.7 Å². The third-order valence-electron chi connectivity index (χ3n) is 7.18. The number of nitrogens with zero attached hydrogens (tertiary/aromatic N) is 2. The highest BCUT2D eigenvalue weighted by Crippen LogP contribution is 2.53. The van der Waals surface area contributed by atoms with E-state index < -0.39 is 64.0 Å². The number of aromatic nitrogens is 1. The van der Waals surface area contributed by atoms with Crippen LogP contribution in [0.4, 0.5) is 23.7 Å². The lowest BCUT2D eigenvalue weighted by molar-refractivity contribution is -0.138. The molecule has 2 aromatic carbocycles. The third-order valence-corrected chi connectivity index (χ3v) is 9.78. The summed E-state index contributed by atoms with van der Waals surface area (Å²) in [5.41, 5.74) is 5.78. The Balaban J connectivity index is 1.54. The van der Waals surface area contributed by atoms with Gasteiger partial charge in [-0.05, 0) is 34.7 Å². The van der Waals surface area contributed by atoms with Gasteiger partial charge in [-0.2, -0.15) is 18.1 Å². The number of hydrogen-bond donors (Lipinski definition) is 2. The minimum absolute atomic E-state index is 0.106. The molecule has 2 aliphatic heterocycles. The molecule has 1 aromatic heterocycles. The second-order valence-electron chi connectivity index (χ2n) is 11.0. The van der Waals surface area contributed by atoms with E-state index in [1.807, 2.05) is 45.0 Å². The van der Waals surface area contributed by atoms with Crippen LogP contribution in [0.25, 0.3) is 0 Å². The van der Waals surface area contributed by atoms with Gasteiger partial charge in [0.25, 0.3) is 5.91 Å². The summed E-state index contributed by atoms with van der Waals surface area (Å²) in [5, 5.41) is 1.56. The number of anilines is 1. The number of urea groups is 1. The maximum atomic E-state index is 13.3. The Kier molecular flexibility index (Phi) is 7.34. The number of nitrogens with one attached hydrogen (secondary N) is 1. The molecular weight excluding hydrogens is 593 g/mol. The van der Waals surface area contributed by atoms with E-state index in [-0.39, 0.29) is 16.1 Å².